The zero-order valence-corrected chi connectivity index (χ0v) is 26.0. The van der Waals surface area contributed by atoms with Gasteiger partial charge in [-0.05, 0) is 66.6 Å². The number of carbonyl (C=O) groups excluding carboxylic acids is 3. The molecule has 4 amide bonds. The van der Waals surface area contributed by atoms with E-state index >= 15 is 0 Å². The van der Waals surface area contributed by atoms with Gasteiger partial charge < -0.3 is 23.7 Å². The summed E-state index contributed by atoms with van der Waals surface area (Å²) in [6.45, 7) is 3.86. The summed E-state index contributed by atoms with van der Waals surface area (Å²) < 4.78 is 18.5. The molecule has 1 aromatic heterocycles. The number of aromatic nitrogens is 1. The summed E-state index contributed by atoms with van der Waals surface area (Å²) in [5.74, 6) is 0.178. The van der Waals surface area contributed by atoms with Crippen molar-refractivity contribution in [3.05, 3.63) is 81.8 Å². The van der Waals surface area contributed by atoms with E-state index in [-0.39, 0.29) is 30.4 Å². The number of anilines is 1. The smallest absolute Gasteiger partial charge is 0.335 e. The Morgan fingerprint density at radius 2 is 1.58 bits per heavy atom. The highest BCUT2D eigenvalue weighted by Gasteiger charge is 2.56. The van der Waals surface area contributed by atoms with Gasteiger partial charge in [-0.25, -0.2) is 9.69 Å². The normalized spacial score (nSPS) is 22.9. The van der Waals surface area contributed by atoms with E-state index in [2.05, 4.69) is 10.2 Å². The molecule has 2 saturated heterocycles. The zero-order valence-electron chi connectivity index (χ0n) is 26.0. The SMILES string of the molecule is CCc1ccc(N2C(=O)NC(=O)[C@@](Cc3cc(OC)c(OC)c(OC)c3)(CN3C[C@@H]4C[C@H](C3)c3cccc(=O)n3C4)C2=O)cc1. The lowest BCUT2D eigenvalue weighted by Gasteiger charge is -2.47. The molecule has 45 heavy (non-hydrogen) atoms. The number of aryl methyl sites for hydroxylation is 1. The number of benzene rings is 2. The summed E-state index contributed by atoms with van der Waals surface area (Å²) in [5, 5.41) is 2.51. The number of pyridine rings is 1. The van der Waals surface area contributed by atoms with Crippen LogP contribution >= 0.6 is 0 Å². The Morgan fingerprint density at radius 3 is 2.22 bits per heavy atom. The van der Waals surface area contributed by atoms with E-state index in [1.54, 1.807) is 36.4 Å². The molecule has 0 spiro atoms. The molecule has 4 heterocycles. The molecule has 2 bridgehead atoms. The Balaban J connectivity index is 1.42. The van der Waals surface area contributed by atoms with Crippen LogP contribution in [-0.2, 0) is 29.0 Å². The highest BCUT2D eigenvalue weighted by molar-refractivity contribution is 6.30. The quantitative estimate of drug-likeness (QED) is 0.365. The van der Waals surface area contributed by atoms with Gasteiger partial charge in [0.05, 0.1) is 27.0 Å². The van der Waals surface area contributed by atoms with Gasteiger partial charge in [-0.3, -0.25) is 19.7 Å². The van der Waals surface area contributed by atoms with E-state index in [0.29, 0.717) is 48.1 Å². The van der Waals surface area contributed by atoms with Gasteiger partial charge in [-0.2, -0.15) is 0 Å². The third kappa shape index (κ3) is 5.35. The number of fused-ring (bicyclic) bond motifs is 4. The largest absolute Gasteiger partial charge is 0.493 e. The molecule has 6 rings (SSSR count). The predicted octanol–water partition coefficient (Wildman–Crippen LogP) is 3.37. The maximum absolute atomic E-state index is 14.7. The number of nitrogens with one attached hydrogen (secondary N) is 1. The first-order valence-corrected chi connectivity index (χ1v) is 15.2. The average Bonchev–Trinajstić information content (AvgIpc) is 3.04. The summed E-state index contributed by atoms with van der Waals surface area (Å²) >= 11 is 0. The van der Waals surface area contributed by atoms with E-state index in [9.17, 15) is 19.2 Å². The van der Waals surface area contributed by atoms with Crippen LogP contribution in [0.1, 0.15) is 36.1 Å². The van der Waals surface area contributed by atoms with Crippen LogP contribution in [-0.4, -0.2) is 68.3 Å². The molecule has 3 atom stereocenters. The van der Waals surface area contributed by atoms with Crippen LogP contribution in [0.5, 0.6) is 17.2 Å². The van der Waals surface area contributed by atoms with E-state index in [0.717, 1.165) is 29.0 Å². The minimum Gasteiger partial charge on any atom is -0.493 e. The Hall–Kier alpha value is -4.64. The summed E-state index contributed by atoms with van der Waals surface area (Å²) in [4.78, 5) is 57.9. The third-order valence-corrected chi connectivity index (χ3v) is 9.35. The average molecular weight is 615 g/mol. The summed E-state index contributed by atoms with van der Waals surface area (Å²) in [5.41, 5.74) is 1.35. The molecule has 2 aromatic carbocycles. The number of rotatable bonds is 9. The van der Waals surface area contributed by atoms with Crippen molar-refractivity contribution >= 4 is 23.5 Å². The van der Waals surface area contributed by atoms with Crippen molar-refractivity contribution in [2.75, 3.05) is 45.9 Å². The molecule has 236 valence electrons. The third-order valence-electron chi connectivity index (χ3n) is 9.35. The highest BCUT2D eigenvalue weighted by atomic mass is 16.5. The molecule has 0 unspecified atom stereocenters. The second-order valence-corrected chi connectivity index (χ2v) is 12.1. The number of likely N-dealkylation sites (tertiary alicyclic amines) is 1. The Morgan fingerprint density at radius 1 is 0.867 bits per heavy atom. The van der Waals surface area contributed by atoms with Crippen molar-refractivity contribution in [1.82, 2.24) is 14.8 Å². The topological polar surface area (TPSA) is 119 Å². The fourth-order valence-corrected chi connectivity index (χ4v) is 7.23. The van der Waals surface area contributed by atoms with Crippen molar-refractivity contribution in [3.8, 4) is 17.2 Å². The van der Waals surface area contributed by atoms with E-state index < -0.39 is 23.3 Å². The lowest BCUT2D eigenvalue weighted by Crippen LogP contribution is -2.68. The van der Waals surface area contributed by atoms with Crippen LogP contribution < -0.4 is 30.0 Å². The van der Waals surface area contributed by atoms with Crippen LogP contribution in [0.25, 0.3) is 0 Å². The first-order chi connectivity index (χ1) is 21.7. The minimum atomic E-state index is -1.66. The number of piperidine rings is 1. The van der Waals surface area contributed by atoms with Crippen LogP contribution in [0.2, 0.25) is 0 Å². The first-order valence-electron chi connectivity index (χ1n) is 15.2. The van der Waals surface area contributed by atoms with Gasteiger partial charge in [0.1, 0.15) is 5.41 Å². The number of hydrogen-bond donors (Lipinski definition) is 1. The van der Waals surface area contributed by atoms with Crippen LogP contribution in [0.3, 0.4) is 0 Å². The van der Waals surface area contributed by atoms with E-state index in [4.69, 9.17) is 14.2 Å². The van der Waals surface area contributed by atoms with Gasteiger partial charge in [0.2, 0.25) is 11.7 Å². The molecule has 1 N–H and O–H groups in total. The lowest BCUT2D eigenvalue weighted by molar-refractivity contribution is -0.144. The molecule has 3 aliphatic rings. The number of methoxy groups -OCH3 is 3. The van der Waals surface area contributed by atoms with Gasteiger partial charge in [-0.15, -0.1) is 0 Å². The number of carbonyl (C=O) groups is 3. The summed E-state index contributed by atoms with van der Waals surface area (Å²) in [7, 11) is 4.52. The lowest BCUT2D eigenvalue weighted by atomic mass is 9.75. The number of nitrogens with zero attached hydrogens (tertiary/aromatic N) is 3. The van der Waals surface area contributed by atoms with Crippen molar-refractivity contribution < 1.29 is 28.6 Å². The van der Waals surface area contributed by atoms with Crippen molar-refractivity contribution in [1.29, 1.82) is 0 Å². The maximum atomic E-state index is 14.7. The Labute approximate surface area is 261 Å². The number of ether oxygens (including phenoxy) is 3. The van der Waals surface area contributed by atoms with Crippen molar-refractivity contribution in [3.63, 3.8) is 0 Å². The van der Waals surface area contributed by atoms with Gasteiger partial charge in [0.25, 0.3) is 11.5 Å². The molecule has 0 saturated carbocycles. The highest BCUT2D eigenvalue weighted by Crippen LogP contribution is 2.43. The van der Waals surface area contributed by atoms with E-state index in [1.165, 1.54) is 21.3 Å². The molecule has 11 nitrogen and oxygen atoms in total. The summed E-state index contributed by atoms with van der Waals surface area (Å²) in [6, 6.07) is 15.2. The number of hydrogen-bond acceptors (Lipinski definition) is 8. The predicted molar refractivity (Wildman–Crippen MR) is 167 cm³/mol. The van der Waals surface area contributed by atoms with Crippen LogP contribution in [0.4, 0.5) is 10.5 Å². The fourth-order valence-electron chi connectivity index (χ4n) is 7.23. The maximum Gasteiger partial charge on any atom is 0.335 e. The van der Waals surface area contributed by atoms with Crippen molar-refractivity contribution in [2.24, 2.45) is 11.3 Å². The van der Waals surface area contributed by atoms with E-state index in [1.807, 2.05) is 29.7 Å². The second-order valence-electron chi connectivity index (χ2n) is 12.1. The fraction of sp³-hybridized carbons (Fsp3) is 0.412. The first kappa shape index (κ1) is 30.4. The van der Waals surface area contributed by atoms with Crippen molar-refractivity contribution in [2.45, 2.75) is 38.6 Å². The minimum absolute atomic E-state index is 0.0143. The van der Waals surface area contributed by atoms with Gasteiger partial charge in [-0.1, -0.05) is 25.1 Å². The second kappa shape index (κ2) is 12.0. The Bertz CT molecular complexity index is 1680. The monoisotopic (exact) mass is 614 g/mol. The standard InChI is InChI=1S/C34H38N4O7/c1-5-21-9-11-25(12-10-21)38-32(41)34(31(40)35-33(38)42,16-22-14-27(43-2)30(45-4)28(15-22)44-3)20-36-17-23-13-24(19-36)26-7-6-8-29(39)37(26)18-23/h6-12,14-15,23-24H,5,13,16-20H2,1-4H3,(H,35,40,42)/t23-,24+,34+/m0/s1. The molecular weight excluding hydrogens is 576 g/mol. The summed E-state index contributed by atoms with van der Waals surface area (Å²) in [6.07, 6.45) is 1.71. The molecule has 0 radical (unpaired) electrons. The number of imide groups is 2. The Kier molecular flexibility index (Phi) is 8.13. The van der Waals surface area contributed by atoms with Crippen LogP contribution in [0.15, 0.2) is 59.4 Å². The van der Waals surface area contributed by atoms with Gasteiger partial charge in [0, 0.05) is 43.9 Å². The number of barbiturate groups is 1. The molecular formula is C34H38N4O7. The zero-order chi connectivity index (χ0) is 31.9. The molecule has 0 aliphatic carbocycles. The van der Waals surface area contributed by atoms with Gasteiger partial charge in [0.15, 0.2) is 11.5 Å². The molecule has 2 fully saturated rings. The number of amides is 4. The number of urea groups is 1. The van der Waals surface area contributed by atoms with Crippen LogP contribution in [0, 0.1) is 11.3 Å². The molecule has 11 heteroatoms. The molecule has 3 aliphatic heterocycles. The molecule has 3 aromatic rings. The van der Waals surface area contributed by atoms with Gasteiger partial charge >= 0.3 is 6.03 Å².